The predicted molar refractivity (Wildman–Crippen MR) is 157 cm³/mol. The first-order valence-electron chi connectivity index (χ1n) is 13.3. The molecule has 2 unspecified atom stereocenters. The van der Waals surface area contributed by atoms with Crippen LogP contribution in [0.25, 0.3) is 0 Å². The number of fused-ring (bicyclic) bond motifs is 4. The minimum absolute atomic E-state index is 0.0472. The molecular formula is C31H30N4O4S. The van der Waals surface area contributed by atoms with Crippen molar-refractivity contribution in [2.45, 2.75) is 25.4 Å². The first-order valence-corrected chi connectivity index (χ1v) is 14.2. The van der Waals surface area contributed by atoms with E-state index in [1.807, 2.05) is 46.3 Å². The lowest BCUT2D eigenvalue weighted by atomic mass is 9.83. The lowest BCUT2D eigenvalue weighted by Gasteiger charge is -2.44. The van der Waals surface area contributed by atoms with Crippen LogP contribution in [-0.2, 0) is 13.1 Å². The third-order valence-corrected chi connectivity index (χ3v) is 8.56. The highest BCUT2D eigenvalue weighted by atomic mass is 32.1. The number of pyridine rings is 1. The lowest BCUT2D eigenvalue weighted by Crippen LogP contribution is -2.47. The van der Waals surface area contributed by atoms with E-state index in [2.05, 4.69) is 15.5 Å². The number of nitrogens with one attached hydrogen (secondary N) is 2. The molecule has 4 heterocycles. The lowest BCUT2D eigenvalue weighted by molar-refractivity contribution is 0.0950. The van der Waals surface area contributed by atoms with Gasteiger partial charge < -0.3 is 24.8 Å². The highest BCUT2D eigenvalue weighted by molar-refractivity contribution is 7.09. The van der Waals surface area contributed by atoms with Crippen molar-refractivity contribution in [2.75, 3.05) is 30.4 Å². The fraction of sp³-hybridized carbons (Fsp3) is 0.258. The zero-order chi connectivity index (χ0) is 27.6. The number of ether oxygens (including phenoxy) is 1. The van der Waals surface area contributed by atoms with Crippen LogP contribution in [0.2, 0.25) is 0 Å². The van der Waals surface area contributed by atoms with Crippen LogP contribution in [0.5, 0.6) is 5.75 Å². The van der Waals surface area contributed by atoms with Crippen LogP contribution < -0.4 is 25.8 Å². The largest absolute Gasteiger partial charge is 0.497 e. The maximum atomic E-state index is 13.3. The smallest absolute Gasteiger partial charge is 0.255 e. The molecule has 2 aliphatic rings. The summed E-state index contributed by atoms with van der Waals surface area (Å²) >= 11 is 1.59. The molecule has 2 amide bonds. The molecule has 2 bridgehead atoms. The van der Waals surface area contributed by atoms with E-state index in [0.29, 0.717) is 41.6 Å². The third-order valence-electron chi connectivity index (χ3n) is 7.68. The van der Waals surface area contributed by atoms with Gasteiger partial charge in [-0.25, -0.2) is 0 Å². The number of hydrogen-bond donors (Lipinski definition) is 2. The van der Waals surface area contributed by atoms with Crippen LogP contribution in [0.1, 0.15) is 43.6 Å². The molecule has 0 spiro atoms. The zero-order valence-electron chi connectivity index (χ0n) is 22.1. The van der Waals surface area contributed by atoms with E-state index < -0.39 is 0 Å². The molecule has 0 saturated carbocycles. The number of amides is 2. The molecule has 40 heavy (non-hydrogen) atoms. The van der Waals surface area contributed by atoms with Crippen LogP contribution in [-0.4, -0.2) is 36.6 Å². The second-order valence-corrected chi connectivity index (χ2v) is 11.3. The summed E-state index contributed by atoms with van der Waals surface area (Å²) in [6, 6.07) is 21.8. The molecule has 1 saturated heterocycles. The van der Waals surface area contributed by atoms with Crippen molar-refractivity contribution in [1.29, 1.82) is 0 Å². The minimum Gasteiger partial charge on any atom is -0.497 e. The molecule has 2 atom stereocenters. The topological polar surface area (TPSA) is 92.7 Å². The van der Waals surface area contributed by atoms with Crippen LogP contribution in [0.4, 0.5) is 11.4 Å². The van der Waals surface area contributed by atoms with Gasteiger partial charge >= 0.3 is 0 Å². The van der Waals surface area contributed by atoms with Gasteiger partial charge in [-0.2, -0.15) is 0 Å². The van der Waals surface area contributed by atoms with Gasteiger partial charge in [-0.15, -0.1) is 11.3 Å². The summed E-state index contributed by atoms with van der Waals surface area (Å²) in [5.41, 5.74) is 3.50. The molecule has 0 radical (unpaired) electrons. The fourth-order valence-corrected chi connectivity index (χ4v) is 6.41. The van der Waals surface area contributed by atoms with E-state index in [1.165, 1.54) is 0 Å². The molecule has 1 fully saturated rings. The molecule has 9 heteroatoms. The van der Waals surface area contributed by atoms with Crippen molar-refractivity contribution in [3.63, 3.8) is 0 Å². The van der Waals surface area contributed by atoms with Crippen LogP contribution >= 0.6 is 11.3 Å². The first-order chi connectivity index (χ1) is 19.5. The van der Waals surface area contributed by atoms with Gasteiger partial charge in [0.1, 0.15) is 5.75 Å². The Morgan fingerprint density at radius 2 is 1.77 bits per heavy atom. The molecular weight excluding hydrogens is 524 g/mol. The maximum Gasteiger partial charge on any atom is 0.255 e. The van der Waals surface area contributed by atoms with Crippen molar-refractivity contribution in [1.82, 2.24) is 9.88 Å². The molecule has 6 rings (SSSR count). The van der Waals surface area contributed by atoms with Gasteiger partial charge in [-0.3, -0.25) is 14.4 Å². The number of carbonyl (C=O) groups excluding carboxylic acids is 2. The number of aromatic nitrogens is 1. The molecule has 4 aromatic rings. The zero-order valence-corrected chi connectivity index (χ0v) is 22.9. The highest BCUT2D eigenvalue weighted by Crippen LogP contribution is 2.39. The number of piperidine rings is 1. The van der Waals surface area contributed by atoms with E-state index in [9.17, 15) is 14.4 Å². The fourth-order valence-electron chi connectivity index (χ4n) is 5.77. The normalized spacial score (nSPS) is 17.6. The number of benzene rings is 2. The summed E-state index contributed by atoms with van der Waals surface area (Å²) in [5.74, 6) is 0.712. The van der Waals surface area contributed by atoms with Gasteiger partial charge in [0.05, 0.1) is 25.0 Å². The molecule has 2 aromatic heterocycles. The Hall–Kier alpha value is -4.37. The number of anilines is 2. The monoisotopic (exact) mass is 554 g/mol. The van der Waals surface area contributed by atoms with Crippen molar-refractivity contribution < 1.29 is 14.3 Å². The summed E-state index contributed by atoms with van der Waals surface area (Å²) in [5, 5.41) is 8.02. The van der Waals surface area contributed by atoms with Gasteiger partial charge in [-0.1, -0.05) is 12.1 Å². The number of nitrogens with zero attached hydrogens (tertiary/aromatic N) is 2. The van der Waals surface area contributed by atoms with Crippen LogP contribution in [0, 0.1) is 5.92 Å². The maximum absolute atomic E-state index is 13.3. The Labute approximate surface area is 236 Å². The van der Waals surface area contributed by atoms with E-state index in [-0.39, 0.29) is 23.3 Å². The molecule has 8 nitrogen and oxygen atoms in total. The van der Waals surface area contributed by atoms with Crippen molar-refractivity contribution in [2.24, 2.45) is 5.92 Å². The highest BCUT2D eigenvalue weighted by Gasteiger charge is 2.35. The van der Waals surface area contributed by atoms with Gasteiger partial charge in [0.25, 0.3) is 17.4 Å². The molecule has 2 aromatic carbocycles. The Morgan fingerprint density at radius 1 is 0.950 bits per heavy atom. The van der Waals surface area contributed by atoms with Gasteiger partial charge in [0.15, 0.2) is 0 Å². The van der Waals surface area contributed by atoms with Gasteiger partial charge in [0, 0.05) is 53.3 Å². The van der Waals surface area contributed by atoms with Crippen LogP contribution in [0.3, 0.4) is 0 Å². The summed E-state index contributed by atoms with van der Waals surface area (Å²) in [6.07, 6.45) is 1.02. The molecule has 0 aliphatic carbocycles. The summed E-state index contributed by atoms with van der Waals surface area (Å²) < 4.78 is 7.13. The van der Waals surface area contributed by atoms with E-state index in [1.54, 1.807) is 54.8 Å². The summed E-state index contributed by atoms with van der Waals surface area (Å²) in [7, 11) is 1.58. The van der Waals surface area contributed by atoms with E-state index in [4.69, 9.17) is 4.74 Å². The van der Waals surface area contributed by atoms with Gasteiger partial charge in [-0.05, 0) is 72.3 Å². The number of methoxy groups -OCH3 is 1. The Bertz CT molecular complexity index is 1600. The van der Waals surface area contributed by atoms with Gasteiger partial charge in [0.2, 0.25) is 0 Å². The SMILES string of the molecule is COc1ccc(C(=O)Nc2cc(C(=O)NCc3cccs3)ccc2N2CC3CC(C2)c2cccc(=O)n2C3)cc1. The quantitative estimate of drug-likeness (QED) is 0.345. The summed E-state index contributed by atoms with van der Waals surface area (Å²) in [4.78, 5) is 42.2. The molecule has 204 valence electrons. The minimum atomic E-state index is -0.269. The standard InChI is InChI=1S/C31H30N4O4S/c1-39-24-10-7-21(8-11-24)31(38)33-26-15-22(30(37)32-16-25-4-3-13-40-25)9-12-28(26)34-17-20-14-23(19-34)27-5-2-6-29(36)35(27)18-20/h2-13,15,20,23H,14,16-19H2,1H3,(H,32,37)(H,33,38). The van der Waals surface area contributed by atoms with E-state index in [0.717, 1.165) is 35.8 Å². The Balaban J connectivity index is 1.30. The summed E-state index contributed by atoms with van der Waals surface area (Å²) in [6.45, 7) is 2.60. The number of thiophene rings is 1. The Kier molecular flexibility index (Phi) is 7.13. The Morgan fingerprint density at radius 3 is 2.55 bits per heavy atom. The molecule has 2 N–H and O–H groups in total. The average Bonchev–Trinajstić information content (AvgIpc) is 3.50. The van der Waals surface area contributed by atoms with Crippen molar-refractivity contribution >= 4 is 34.5 Å². The predicted octanol–water partition coefficient (Wildman–Crippen LogP) is 4.72. The number of hydrogen-bond acceptors (Lipinski definition) is 6. The second-order valence-electron chi connectivity index (χ2n) is 10.3. The second kappa shape index (κ2) is 11.0. The number of carbonyl (C=O) groups is 2. The van der Waals surface area contributed by atoms with E-state index >= 15 is 0 Å². The number of rotatable bonds is 7. The first kappa shape index (κ1) is 25.9. The van der Waals surface area contributed by atoms with Crippen LogP contribution in [0.15, 0.2) is 83.0 Å². The third kappa shape index (κ3) is 5.24. The van der Waals surface area contributed by atoms with Crippen molar-refractivity contribution in [3.8, 4) is 5.75 Å². The van der Waals surface area contributed by atoms with Crippen molar-refractivity contribution in [3.05, 3.63) is 110 Å². The average molecular weight is 555 g/mol. The molecule has 2 aliphatic heterocycles.